The highest BCUT2D eigenvalue weighted by atomic mass is 35.5. The van der Waals surface area contributed by atoms with Gasteiger partial charge in [-0.25, -0.2) is 4.99 Å². The maximum atomic E-state index is 10.5. The van der Waals surface area contributed by atoms with Crippen LogP contribution < -0.4 is 10.6 Å². The Balaban J connectivity index is 1.68. The normalized spacial score (nSPS) is 12.6. The molecule has 2 aromatic carbocycles. The van der Waals surface area contributed by atoms with E-state index < -0.39 is 6.10 Å². The summed E-state index contributed by atoms with van der Waals surface area (Å²) in [4.78, 5) is 4.62. The molecule has 1 heterocycles. The molecule has 7 nitrogen and oxygen atoms in total. The molecule has 0 saturated heterocycles. The van der Waals surface area contributed by atoms with Crippen LogP contribution in [-0.2, 0) is 20.1 Å². The Labute approximate surface area is 185 Å². The van der Waals surface area contributed by atoms with Gasteiger partial charge in [-0.05, 0) is 36.2 Å². The van der Waals surface area contributed by atoms with E-state index in [1.54, 1.807) is 18.2 Å². The van der Waals surface area contributed by atoms with E-state index in [4.69, 9.17) is 23.2 Å². The fourth-order valence-corrected chi connectivity index (χ4v) is 3.32. The van der Waals surface area contributed by atoms with Gasteiger partial charge in [0.1, 0.15) is 5.82 Å². The summed E-state index contributed by atoms with van der Waals surface area (Å²) in [7, 11) is 1.91. The Bertz CT molecular complexity index is 986. The number of aliphatic hydroxyl groups excluding tert-OH is 1. The number of hydrogen-bond donors (Lipinski definition) is 3. The van der Waals surface area contributed by atoms with Crippen LogP contribution in [0.4, 0.5) is 0 Å². The van der Waals surface area contributed by atoms with E-state index in [0.717, 1.165) is 17.2 Å². The first-order valence-electron chi connectivity index (χ1n) is 9.47. The number of aryl methyl sites for hydroxylation is 1. The van der Waals surface area contributed by atoms with Gasteiger partial charge in [0.25, 0.3) is 0 Å². The molecule has 0 spiro atoms. The SMILES string of the molecule is Cc1nnc(CNC(=NCc2ccccc2)NCC(O)c2cc(Cl)cc(Cl)c2)n1C. The number of guanidine groups is 1. The van der Waals surface area contributed by atoms with Crippen molar-refractivity contribution in [2.24, 2.45) is 12.0 Å². The van der Waals surface area contributed by atoms with Crippen LogP contribution in [0, 0.1) is 6.92 Å². The molecule has 0 aliphatic heterocycles. The van der Waals surface area contributed by atoms with Crippen LogP contribution in [-0.4, -0.2) is 32.4 Å². The Morgan fingerprint density at radius 3 is 2.43 bits per heavy atom. The molecule has 1 aromatic heterocycles. The fourth-order valence-electron chi connectivity index (χ4n) is 2.77. The monoisotopic (exact) mass is 446 g/mol. The van der Waals surface area contributed by atoms with Crippen molar-refractivity contribution in [3.63, 3.8) is 0 Å². The number of halogens is 2. The van der Waals surface area contributed by atoms with E-state index in [1.165, 1.54) is 0 Å². The highest BCUT2D eigenvalue weighted by Crippen LogP contribution is 2.23. The average Bonchev–Trinajstić information content (AvgIpc) is 3.05. The second-order valence-electron chi connectivity index (χ2n) is 6.83. The van der Waals surface area contributed by atoms with Crippen molar-refractivity contribution in [1.82, 2.24) is 25.4 Å². The zero-order valence-corrected chi connectivity index (χ0v) is 18.3. The number of aliphatic hydroxyl groups is 1. The van der Waals surface area contributed by atoms with E-state index in [2.05, 4.69) is 25.8 Å². The summed E-state index contributed by atoms with van der Waals surface area (Å²) in [5.74, 6) is 2.16. The van der Waals surface area contributed by atoms with E-state index in [1.807, 2.05) is 48.9 Å². The van der Waals surface area contributed by atoms with Crippen molar-refractivity contribution in [3.05, 3.63) is 81.4 Å². The third-order valence-corrected chi connectivity index (χ3v) is 5.03. The molecular weight excluding hydrogens is 423 g/mol. The molecule has 0 aliphatic carbocycles. The predicted octanol–water partition coefficient (Wildman–Crippen LogP) is 3.40. The third kappa shape index (κ3) is 6.19. The van der Waals surface area contributed by atoms with Gasteiger partial charge in [0.05, 0.1) is 19.2 Å². The smallest absolute Gasteiger partial charge is 0.192 e. The molecule has 0 amide bonds. The van der Waals surface area contributed by atoms with Gasteiger partial charge in [-0.15, -0.1) is 10.2 Å². The maximum absolute atomic E-state index is 10.5. The first-order chi connectivity index (χ1) is 14.4. The van der Waals surface area contributed by atoms with Gasteiger partial charge in [0.2, 0.25) is 0 Å². The lowest BCUT2D eigenvalue weighted by Crippen LogP contribution is -2.39. The van der Waals surface area contributed by atoms with Gasteiger partial charge in [0, 0.05) is 23.6 Å². The summed E-state index contributed by atoms with van der Waals surface area (Å²) >= 11 is 12.1. The molecule has 3 rings (SSSR count). The van der Waals surface area contributed by atoms with Crippen LogP contribution in [0.25, 0.3) is 0 Å². The minimum Gasteiger partial charge on any atom is -0.387 e. The fraction of sp³-hybridized carbons (Fsp3) is 0.286. The van der Waals surface area contributed by atoms with E-state index in [9.17, 15) is 5.11 Å². The standard InChI is InChI=1S/C21H24Cl2N6O/c1-14-27-28-20(29(14)2)13-26-21(24-11-15-6-4-3-5-7-15)25-12-19(30)16-8-17(22)10-18(23)9-16/h3-10,19,30H,11-13H2,1-2H3,(H2,24,25,26). The van der Waals surface area contributed by atoms with Crippen molar-refractivity contribution in [2.45, 2.75) is 26.1 Å². The summed E-state index contributed by atoms with van der Waals surface area (Å²) in [5.41, 5.74) is 1.71. The van der Waals surface area contributed by atoms with Crippen molar-refractivity contribution >= 4 is 29.2 Å². The minimum absolute atomic E-state index is 0.231. The molecule has 3 aromatic rings. The van der Waals surface area contributed by atoms with Gasteiger partial charge in [-0.2, -0.15) is 0 Å². The maximum Gasteiger partial charge on any atom is 0.192 e. The molecule has 3 N–H and O–H groups in total. The lowest BCUT2D eigenvalue weighted by Gasteiger charge is -2.16. The number of rotatable bonds is 7. The van der Waals surface area contributed by atoms with Crippen LogP contribution >= 0.6 is 23.2 Å². The molecule has 1 unspecified atom stereocenters. The van der Waals surface area contributed by atoms with Crippen LogP contribution in [0.5, 0.6) is 0 Å². The Morgan fingerprint density at radius 2 is 1.80 bits per heavy atom. The summed E-state index contributed by atoms with van der Waals surface area (Å²) < 4.78 is 1.91. The Hall–Kier alpha value is -2.61. The first kappa shape index (κ1) is 22.1. The van der Waals surface area contributed by atoms with Crippen molar-refractivity contribution in [3.8, 4) is 0 Å². The third-order valence-electron chi connectivity index (χ3n) is 4.59. The van der Waals surface area contributed by atoms with Crippen LogP contribution in [0.1, 0.15) is 28.9 Å². The number of benzene rings is 2. The molecule has 1 atom stereocenters. The van der Waals surface area contributed by atoms with Crippen molar-refractivity contribution in [2.75, 3.05) is 6.54 Å². The van der Waals surface area contributed by atoms with Crippen LogP contribution in [0.2, 0.25) is 10.0 Å². The summed E-state index contributed by atoms with van der Waals surface area (Å²) in [6, 6.07) is 14.9. The second kappa shape index (κ2) is 10.4. The summed E-state index contributed by atoms with van der Waals surface area (Å²) in [6.07, 6.45) is -0.804. The molecule has 30 heavy (non-hydrogen) atoms. The second-order valence-corrected chi connectivity index (χ2v) is 7.70. The van der Waals surface area contributed by atoms with Gasteiger partial charge in [-0.3, -0.25) is 0 Å². The molecule has 158 valence electrons. The lowest BCUT2D eigenvalue weighted by atomic mass is 10.1. The molecule has 9 heteroatoms. The molecular formula is C21H24Cl2N6O. The number of hydrogen-bond acceptors (Lipinski definition) is 4. The van der Waals surface area contributed by atoms with E-state index in [0.29, 0.717) is 34.7 Å². The quantitative estimate of drug-likeness (QED) is 0.382. The highest BCUT2D eigenvalue weighted by molar-refractivity contribution is 6.34. The lowest BCUT2D eigenvalue weighted by molar-refractivity contribution is 0.181. The zero-order valence-electron chi connectivity index (χ0n) is 16.8. The highest BCUT2D eigenvalue weighted by Gasteiger charge is 2.12. The largest absolute Gasteiger partial charge is 0.387 e. The summed E-state index contributed by atoms with van der Waals surface area (Å²) in [6.45, 7) is 3.06. The minimum atomic E-state index is -0.804. The molecule has 0 bridgehead atoms. The Morgan fingerprint density at radius 1 is 1.10 bits per heavy atom. The summed E-state index contributed by atoms with van der Waals surface area (Å²) in [5, 5.41) is 26.1. The topological polar surface area (TPSA) is 87.4 Å². The number of nitrogens with zero attached hydrogens (tertiary/aromatic N) is 4. The molecule has 0 fully saturated rings. The van der Waals surface area contributed by atoms with E-state index in [-0.39, 0.29) is 6.54 Å². The average molecular weight is 447 g/mol. The number of nitrogens with one attached hydrogen (secondary N) is 2. The van der Waals surface area contributed by atoms with Gasteiger partial charge in [-0.1, -0.05) is 53.5 Å². The van der Waals surface area contributed by atoms with Crippen molar-refractivity contribution in [1.29, 1.82) is 0 Å². The molecule has 0 saturated carbocycles. The first-order valence-corrected chi connectivity index (χ1v) is 10.2. The van der Waals surface area contributed by atoms with E-state index >= 15 is 0 Å². The van der Waals surface area contributed by atoms with Crippen LogP contribution in [0.15, 0.2) is 53.5 Å². The van der Waals surface area contributed by atoms with Crippen LogP contribution in [0.3, 0.4) is 0 Å². The number of aliphatic imine (C=N–C) groups is 1. The van der Waals surface area contributed by atoms with Gasteiger partial charge >= 0.3 is 0 Å². The molecule has 0 aliphatic rings. The zero-order chi connectivity index (χ0) is 21.5. The van der Waals surface area contributed by atoms with Gasteiger partial charge < -0.3 is 20.3 Å². The van der Waals surface area contributed by atoms with Gasteiger partial charge in [0.15, 0.2) is 11.8 Å². The predicted molar refractivity (Wildman–Crippen MR) is 120 cm³/mol. The Kier molecular flexibility index (Phi) is 7.68. The number of aromatic nitrogens is 3. The van der Waals surface area contributed by atoms with Crippen molar-refractivity contribution < 1.29 is 5.11 Å². The molecule has 0 radical (unpaired) electrons.